The molecule has 0 unspecified atom stereocenters. The number of hydrogen-bond acceptors (Lipinski definition) is 4. The van der Waals surface area contributed by atoms with Gasteiger partial charge in [-0.25, -0.2) is 18.4 Å². The van der Waals surface area contributed by atoms with E-state index in [0.717, 1.165) is 35.0 Å². The van der Waals surface area contributed by atoms with Gasteiger partial charge in [0.25, 0.3) is 0 Å². The minimum Gasteiger partial charge on any atom is -0.419 e. The van der Waals surface area contributed by atoms with Gasteiger partial charge in [0.2, 0.25) is 0 Å². The monoisotopic (exact) mass is 404 g/mol. The van der Waals surface area contributed by atoms with Gasteiger partial charge in [0.05, 0.1) is 11.1 Å². The first-order valence-corrected chi connectivity index (χ1v) is 8.98. The van der Waals surface area contributed by atoms with E-state index >= 15 is 0 Å². The molecule has 0 spiro atoms. The Morgan fingerprint density at radius 2 is 0.933 bits per heavy atom. The second-order valence-corrected chi connectivity index (χ2v) is 6.44. The fourth-order valence-electron chi connectivity index (χ4n) is 2.85. The summed E-state index contributed by atoms with van der Waals surface area (Å²) >= 11 is 0. The van der Waals surface area contributed by atoms with Crippen LogP contribution in [0.4, 0.5) is 8.78 Å². The van der Waals surface area contributed by atoms with E-state index < -0.39 is 23.6 Å². The molecule has 0 bridgehead atoms. The molecule has 0 radical (unpaired) electrons. The van der Waals surface area contributed by atoms with E-state index in [-0.39, 0.29) is 22.6 Å². The maximum absolute atomic E-state index is 13.1. The van der Waals surface area contributed by atoms with Crippen molar-refractivity contribution in [3.63, 3.8) is 0 Å². The topological polar surface area (TPSA) is 52.6 Å². The van der Waals surface area contributed by atoms with Crippen molar-refractivity contribution >= 4 is 22.7 Å². The molecule has 0 aliphatic rings. The summed E-state index contributed by atoms with van der Waals surface area (Å²) in [7, 11) is 0. The van der Waals surface area contributed by atoms with Crippen molar-refractivity contribution in [2.45, 2.75) is 0 Å². The Balaban J connectivity index is 1.68. The quantitative estimate of drug-likeness (QED) is 0.330. The number of carbonyl (C=O) groups is 2. The lowest BCUT2D eigenvalue weighted by molar-refractivity contribution is 0.0682. The van der Waals surface area contributed by atoms with Gasteiger partial charge in [-0.05, 0) is 71.4 Å². The van der Waals surface area contributed by atoms with E-state index in [1.165, 1.54) is 24.3 Å². The molecule has 4 nitrogen and oxygen atoms in total. The summed E-state index contributed by atoms with van der Waals surface area (Å²) in [6.07, 6.45) is 0. The molecule has 0 heterocycles. The number of carbonyl (C=O) groups excluding carboxylic acids is 2. The predicted molar refractivity (Wildman–Crippen MR) is 107 cm³/mol. The van der Waals surface area contributed by atoms with E-state index in [1.807, 2.05) is 24.3 Å². The van der Waals surface area contributed by atoms with Crippen LogP contribution in [0.3, 0.4) is 0 Å². The highest BCUT2D eigenvalue weighted by atomic mass is 19.1. The van der Waals surface area contributed by atoms with Crippen molar-refractivity contribution in [1.29, 1.82) is 0 Å². The molecule has 0 atom stereocenters. The summed E-state index contributed by atoms with van der Waals surface area (Å²) < 4.78 is 37.1. The lowest BCUT2D eigenvalue weighted by Crippen LogP contribution is -2.12. The Hall–Kier alpha value is -4.06. The van der Waals surface area contributed by atoms with Gasteiger partial charge in [0, 0.05) is 0 Å². The zero-order chi connectivity index (χ0) is 21.1. The van der Waals surface area contributed by atoms with Crippen LogP contribution in [0, 0.1) is 11.6 Å². The van der Waals surface area contributed by atoms with Gasteiger partial charge in [-0.3, -0.25) is 0 Å². The number of rotatable bonds is 4. The van der Waals surface area contributed by atoms with Crippen LogP contribution in [0.5, 0.6) is 11.5 Å². The Kier molecular flexibility index (Phi) is 5.22. The number of hydrogen-bond donors (Lipinski definition) is 0. The van der Waals surface area contributed by atoms with Gasteiger partial charge < -0.3 is 9.47 Å². The second kappa shape index (κ2) is 8.13. The summed E-state index contributed by atoms with van der Waals surface area (Å²) in [6, 6.07) is 20.2. The highest BCUT2D eigenvalue weighted by Gasteiger charge is 2.17. The molecule has 4 aromatic rings. The minimum atomic E-state index is -0.732. The third-order valence-corrected chi connectivity index (χ3v) is 4.38. The van der Waals surface area contributed by atoms with Gasteiger partial charge in [-0.1, -0.05) is 24.3 Å². The Morgan fingerprint density at radius 3 is 1.30 bits per heavy atom. The third-order valence-electron chi connectivity index (χ3n) is 4.38. The molecule has 0 saturated carbocycles. The lowest BCUT2D eigenvalue weighted by atomic mass is 10.1. The van der Waals surface area contributed by atoms with Gasteiger partial charge in [-0.15, -0.1) is 0 Å². The summed E-state index contributed by atoms with van der Waals surface area (Å²) in [5, 5.41) is 1.53. The standard InChI is InChI=1S/C24H14F2O4/c25-19-9-5-15(6-10-19)23(27)29-21-13-17-3-1-2-4-18(17)14-22(21)30-24(28)16-7-11-20(26)12-8-16/h1-14H. The molecule has 4 aromatic carbocycles. The number of esters is 2. The molecule has 0 N–H and O–H groups in total. The van der Waals surface area contributed by atoms with Crippen LogP contribution in [0.15, 0.2) is 84.9 Å². The van der Waals surface area contributed by atoms with Gasteiger partial charge >= 0.3 is 11.9 Å². The van der Waals surface area contributed by atoms with E-state index in [0.29, 0.717) is 0 Å². The zero-order valence-corrected chi connectivity index (χ0v) is 15.5. The summed E-state index contributed by atoms with van der Waals surface area (Å²) in [4.78, 5) is 25.0. The summed E-state index contributed by atoms with van der Waals surface area (Å²) in [5.41, 5.74) is 0.278. The van der Waals surface area contributed by atoms with Crippen LogP contribution in [0.2, 0.25) is 0 Å². The van der Waals surface area contributed by atoms with E-state index in [9.17, 15) is 18.4 Å². The van der Waals surface area contributed by atoms with Crippen molar-refractivity contribution in [1.82, 2.24) is 0 Å². The van der Waals surface area contributed by atoms with Crippen LogP contribution in [-0.4, -0.2) is 11.9 Å². The fraction of sp³-hybridized carbons (Fsp3) is 0. The van der Waals surface area contributed by atoms with E-state index in [1.54, 1.807) is 12.1 Å². The summed E-state index contributed by atoms with van der Waals surface area (Å²) in [5.74, 6) is -2.37. The first-order valence-electron chi connectivity index (χ1n) is 8.98. The van der Waals surface area contributed by atoms with Crippen LogP contribution >= 0.6 is 0 Å². The minimum absolute atomic E-state index is 0.0264. The van der Waals surface area contributed by atoms with Crippen molar-refractivity contribution in [2.24, 2.45) is 0 Å². The van der Waals surface area contributed by atoms with Crippen molar-refractivity contribution in [3.8, 4) is 11.5 Å². The van der Waals surface area contributed by atoms with Gasteiger partial charge in [0.1, 0.15) is 11.6 Å². The van der Waals surface area contributed by atoms with E-state index in [4.69, 9.17) is 9.47 Å². The largest absolute Gasteiger partial charge is 0.419 e. The molecule has 0 fully saturated rings. The zero-order valence-electron chi connectivity index (χ0n) is 15.5. The number of fused-ring (bicyclic) bond motifs is 1. The lowest BCUT2D eigenvalue weighted by Gasteiger charge is -2.12. The molecule has 6 heteroatoms. The average Bonchev–Trinajstić information content (AvgIpc) is 2.75. The highest BCUT2D eigenvalue weighted by Crippen LogP contribution is 2.34. The Morgan fingerprint density at radius 1 is 0.567 bits per heavy atom. The number of benzene rings is 4. The normalized spacial score (nSPS) is 10.6. The van der Waals surface area contributed by atoms with Gasteiger partial charge in [-0.2, -0.15) is 0 Å². The Labute approximate surface area is 170 Å². The van der Waals surface area contributed by atoms with Crippen LogP contribution in [-0.2, 0) is 0 Å². The molecular weight excluding hydrogens is 390 g/mol. The SMILES string of the molecule is O=C(Oc1cc2ccccc2cc1OC(=O)c1ccc(F)cc1)c1ccc(F)cc1. The molecule has 0 aromatic heterocycles. The maximum Gasteiger partial charge on any atom is 0.343 e. The first kappa shape index (κ1) is 19.3. The second-order valence-electron chi connectivity index (χ2n) is 6.44. The molecule has 0 aliphatic carbocycles. The smallest absolute Gasteiger partial charge is 0.343 e. The number of halogens is 2. The summed E-state index contributed by atoms with van der Waals surface area (Å²) in [6.45, 7) is 0. The maximum atomic E-state index is 13.1. The molecule has 0 saturated heterocycles. The Bertz CT molecular complexity index is 1130. The van der Waals surface area contributed by atoms with Crippen molar-refractivity contribution < 1.29 is 27.8 Å². The molecule has 148 valence electrons. The van der Waals surface area contributed by atoms with Crippen molar-refractivity contribution in [3.05, 3.63) is 108 Å². The third kappa shape index (κ3) is 4.17. The van der Waals surface area contributed by atoms with Crippen molar-refractivity contribution in [2.75, 3.05) is 0 Å². The average molecular weight is 404 g/mol. The van der Waals surface area contributed by atoms with Gasteiger partial charge in [0.15, 0.2) is 11.5 Å². The molecule has 0 amide bonds. The fourth-order valence-corrected chi connectivity index (χ4v) is 2.85. The van der Waals surface area contributed by atoms with Crippen LogP contribution in [0.1, 0.15) is 20.7 Å². The van der Waals surface area contributed by atoms with Crippen LogP contribution < -0.4 is 9.47 Å². The van der Waals surface area contributed by atoms with Crippen LogP contribution in [0.25, 0.3) is 10.8 Å². The highest BCUT2D eigenvalue weighted by molar-refractivity contribution is 5.95. The first-order chi connectivity index (χ1) is 14.5. The van der Waals surface area contributed by atoms with E-state index in [2.05, 4.69) is 0 Å². The number of ether oxygens (including phenoxy) is 2. The molecule has 4 rings (SSSR count). The molecular formula is C24H14F2O4. The predicted octanol–water partition coefficient (Wildman–Crippen LogP) is 5.56. The molecule has 30 heavy (non-hydrogen) atoms. The molecule has 0 aliphatic heterocycles.